The van der Waals surface area contributed by atoms with Gasteiger partial charge in [0, 0.05) is 30.7 Å². The van der Waals surface area contributed by atoms with Crippen LogP contribution in [0.5, 0.6) is 0 Å². The summed E-state index contributed by atoms with van der Waals surface area (Å²) in [5, 5.41) is 0. The maximum absolute atomic E-state index is 4.12. The maximum atomic E-state index is 4.12. The van der Waals surface area contributed by atoms with Crippen LogP contribution >= 0.6 is 0 Å². The van der Waals surface area contributed by atoms with Crippen LogP contribution in [0.3, 0.4) is 0 Å². The van der Waals surface area contributed by atoms with Crippen molar-refractivity contribution in [1.29, 1.82) is 0 Å². The lowest BCUT2D eigenvalue weighted by Gasteiger charge is -2.10. The first-order chi connectivity index (χ1) is 6.88. The van der Waals surface area contributed by atoms with Crippen LogP contribution in [0.15, 0.2) is 49.1 Å². The SMILES string of the molecule is CC(c1ccncc1)c1cccnc1. The van der Waals surface area contributed by atoms with Crippen LogP contribution in [-0.4, -0.2) is 9.97 Å². The molecule has 14 heavy (non-hydrogen) atoms. The summed E-state index contributed by atoms with van der Waals surface area (Å²) in [6, 6.07) is 8.14. The Bertz CT molecular complexity index is 344. The fourth-order valence-electron chi connectivity index (χ4n) is 1.48. The number of rotatable bonds is 2. The molecular weight excluding hydrogens is 172 g/mol. The number of aromatic nitrogens is 2. The molecule has 0 saturated heterocycles. The van der Waals surface area contributed by atoms with Crippen molar-refractivity contribution in [3.63, 3.8) is 0 Å². The Labute approximate surface area is 83.7 Å². The van der Waals surface area contributed by atoms with Crippen LogP contribution in [0.2, 0.25) is 0 Å². The van der Waals surface area contributed by atoms with E-state index in [9.17, 15) is 0 Å². The van der Waals surface area contributed by atoms with Gasteiger partial charge in [0.2, 0.25) is 0 Å². The maximum Gasteiger partial charge on any atom is 0.0305 e. The molecule has 0 N–H and O–H groups in total. The molecule has 0 fully saturated rings. The minimum atomic E-state index is 0.381. The van der Waals surface area contributed by atoms with E-state index >= 15 is 0 Å². The van der Waals surface area contributed by atoms with Gasteiger partial charge in [0.1, 0.15) is 0 Å². The van der Waals surface area contributed by atoms with Crippen molar-refractivity contribution in [1.82, 2.24) is 9.97 Å². The third kappa shape index (κ3) is 1.79. The quantitative estimate of drug-likeness (QED) is 0.717. The zero-order valence-electron chi connectivity index (χ0n) is 8.09. The lowest BCUT2D eigenvalue weighted by molar-refractivity contribution is 0.907. The highest BCUT2D eigenvalue weighted by atomic mass is 14.6. The minimum Gasteiger partial charge on any atom is -0.265 e. The van der Waals surface area contributed by atoms with Crippen LogP contribution in [0, 0.1) is 0 Å². The van der Waals surface area contributed by atoms with E-state index in [-0.39, 0.29) is 0 Å². The van der Waals surface area contributed by atoms with Crippen molar-refractivity contribution >= 4 is 0 Å². The van der Waals surface area contributed by atoms with Gasteiger partial charge in [0.15, 0.2) is 0 Å². The van der Waals surface area contributed by atoms with E-state index in [0.717, 1.165) is 0 Å². The smallest absolute Gasteiger partial charge is 0.0305 e. The second kappa shape index (κ2) is 4.01. The first kappa shape index (κ1) is 8.88. The lowest BCUT2D eigenvalue weighted by atomic mass is 9.96. The molecule has 2 aromatic rings. The van der Waals surface area contributed by atoms with E-state index in [4.69, 9.17) is 0 Å². The lowest BCUT2D eigenvalue weighted by Crippen LogP contribution is -1.96. The molecule has 2 aromatic heterocycles. The third-order valence-corrected chi connectivity index (χ3v) is 2.39. The fourth-order valence-corrected chi connectivity index (χ4v) is 1.48. The Balaban J connectivity index is 2.30. The molecule has 0 aliphatic carbocycles. The van der Waals surface area contributed by atoms with Gasteiger partial charge < -0.3 is 0 Å². The van der Waals surface area contributed by atoms with Gasteiger partial charge in [-0.1, -0.05) is 13.0 Å². The largest absolute Gasteiger partial charge is 0.265 e. The summed E-state index contributed by atoms with van der Waals surface area (Å²) >= 11 is 0. The number of nitrogens with zero attached hydrogens (tertiary/aromatic N) is 2. The van der Waals surface area contributed by atoms with Crippen LogP contribution < -0.4 is 0 Å². The van der Waals surface area contributed by atoms with Gasteiger partial charge >= 0.3 is 0 Å². The van der Waals surface area contributed by atoms with Gasteiger partial charge in [-0.15, -0.1) is 0 Å². The van der Waals surface area contributed by atoms with Gasteiger partial charge in [-0.3, -0.25) is 9.97 Å². The Morgan fingerprint density at radius 3 is 2.36 bits per heavy atom. The molecule has 0 amide bonds. The standard InChI is InChI=1S/C12H12N2/c1-10(11-4-7-13-8-5-11)12-3-2-6-14-9-12/h2-10H,1H3. The minimum absolute atomic E-state index is 0.381. The molecule has 0 saturated carbocycles. The van der Waals surface area contributed by atoms with Gasteiger partial charge in [-0.05, 0) is 29.3 Å². The molecule has 0 aliphatic heterocycles. The van der Waals surface area contributed by atoms with Crippen molar-refractivity contribution < 1.29 is 0 Å². The van der Waals surface area contributed by atoms with Crippen molar-refractivity contribution in [2.75, 3.05) is 0 Å². The molecule has 0 aromatic carbocycles. The molecule has 0 spiro atoms. The summed E-state index contributed by atoms with van der Waals surface area (Å²) in [6.07, 6.45) is 7.35. The van der Waals surface area contributed by atoms with Crippen molar-refractivity contribution in [3.05, 3.63) is 60.2 Å². The second-order valence-corrected chi connectivity index (χ2v) is 3.29. The zero-order valence-corrected chi connectivity index (χ0v) is 8.09. The van der Waals surface area contributed by atoms with Crippen LogP contribution in [-0.2, 0) is 0 Å². The topological polar surface area (TPSA) is 25.8 Å². The van der Waals surface area contributed by atoms with E-state index in [1.807, 2.05) is 36.8 Å². The van der Waals surface area contributed by atoms with E-state index in [2.05, 4.69) is 23.0 Å². The predicted octanol–water partition coefficient (Wildman–Crippen LogP) is 2.63. The average Bonchev–Trinajstić information content (AvgIpc) is 2.30. The molecule has 0 radical (unpaired) electrons. The first-order valence-corrected chi connectivity index (χ1v) is 4.68. The average molecular weight is 184 g/mol. The first-order valence-electron chi connectivity index (χ1n) is 4.68. The van der Waals surface area contributed by atoms with E-state index in [1.165, 1.54) is 11.1 Å². The number of hydrogen-bond acceptors (Lipinski definition) is 2. The van der Waals surface area contributed by atoms with Crippen molar-refractivity contribution in [3.8, 4) is 0 Å². The van der Waals surface area contributed by atoms with Gasteiger partial charge in [0.05, 0.1) is 0 Å². The summed E-state index contributed by atoms with van der Waals surface area (Å²) in [5.41, 5.74) is 2.51. The molecule has 0 bridgehead atoms. The zero-order chi connectivity index (χ0) is 9.80. The van der Waals surface area contributed by atoms with Gasteiger partial charge in [0.25, 0.3) is 0 Å². The molecule has 0 aliphatic rings. The normalized spacial score (nSPS) is 12.4. The van der Waals surface area contributed by atoms with Crippen molar-refractivity contribution in [2.24, 2.45) is 0 Å². The van der Waals surface area contributed by atoms with E-state index in [0.29, 0.717) is 5.92 Å². The Hall–Kier alpha value is -1.70. The fraction of sp³-hybridized carbons (Fsp3) is 0.167. The van der Waals surface area contributed by atoms with Crippen LogP contribution in [0.4, 0.5) is 0 Å². The molecule has 70 valence electrons. The highest BCUT2D eigenvalue weighted by molar-refractivity contribution is 5.27. The highest BCUT2D eigenvalue weighted by Crippen LogP contribution is 2.21. The number of hydrogen-bond donors (Lipinski definition) is 0. The summed E-state index contributed by atoms with van der Waals surface area (Å²) in [6.45, 7) is 2.17. The predicted molar refractivity (Wildman–Crippen MR) is 56.0 cm³/mol. The summed E-state index contributed by atoms with van der Waals surface area (Å²) in [4.78, 5) is 8.12. The Kier molecular flexibility index (Phi) is 2.54. The molecular formula is C12H12N2. The third-order valence-electron chi connectivity index (χ3n) is 2.39. The highest BCUT2D eigenvalue weighted by Gasteiger charge is 2.06. The molecule has 2 heteroatoms. The summed E-state index contributed by atoms with van der Waals surface area (Å²) in [5.74, 6) is 0.381. The van der Waals surface area contributed by atoms with E-state index in [1.54, 1.807) is 6.20 Å². The molecule has 1 atom stereocenters. The van der Waals surface area contributed by atoms with Crippen molar-refractivity contribution in [2.45, 2.75) is 12.8 Å². The van der Waals surface area contributed by atoms with E-state index < -0.39 is 0 Å². The second-order valence-electron chi connectivity index (χ2n) is 3.29. The van der Waals surface area contributed by atoms with Crippen LogP contribution in [0.25, 0.3) is 0 Å². The number of pyridine rings is 2. The molecule has 2 nitrogen and oxygen atoms in total. The van der Waals surface area contributed by atoms with Gasteiger partial charge in [-0.2, -0.15) is 0 Å². The molecule has 1 unspecified atom stereocenters. The molecule has 2 heterocycles. The summed E-state index contributed by atoms with van der Waals surface area (Å²) in [7, 11) is 0. The monoisotopic (exact) mass is 184 g/mol. The van der Waals surface area contributed by atoms with Gasteiger partial charge in [-0.25, -0.2) is 0 Å². The Morgan fingerprint density at radius 2 is 1.71 bits per heavy atom. The molecule has 2 rings (SSSR count). The Morgan fingerprint density at radius 1 is 0.929 bits per heavy atom. The summed E-state index contributed by atoms with van der Waals surface area (Å²) < 4.78 is 0. The van der Waals surface area contributed by atoms with Crippen LogP contribution in [0.1, 0.15) is 24.0 Å².